The van der Waals surface area contributed by atoms with Crippen molar-refractivity contribution in [1.82, 2.24) is 5.32 Å². The lowest BCUT2D eigenvalue weighted by Crippen LogP contribution is -2.42. The molecule has 0 saturated heterocycles. The Balaban J connectivity index is 1.90. The third-order valence-electron chi connectivity index (χ3n) is 4.88. The lowest BCUT2D eigenvalue weighted by atomic mass is 9.81. The van der Waals surface area contributed by atoms with Crippen LogP contribution in [0.25, 0.3) is 0 Å². The van der Waals surface area contributed by atoms with E-state index < -0.39 is 14.2 Å². The van der Waals surface area contributed by atoms with E-state index in [1.165, 1.54) is 6.20 Å². The van der Waals surface area contributed by atoms with Gasteiger partial charge in [-0.3, -0.25) is 4.79 Å². The standard InChI is InChI=1S/C21H24B2N4O5/c24-5-6-25-21(28)17-9-15(11-20-4-3-18(12-26-20)22(29)30)8-16(10-17)13-27-7-1-2-19(14-27)23(31)32/h1-4,7-10,12,14,29-32H,5-6,11,13,24H2/p+2. The number of nitrogens with zero attached hydrogens (tertiary/aromatic N) is 1. The van der Waals surface area contributed by atoms with Crippen LogP contribution in [0.3, 0.4) is 0 Å². The molecule has 1 aromatic carbocycles. The molecule has 0 unspecified atom stereocenters. The van der Waals surface area contributed by atoms with E-state index in [0.29, 0.717) is 42.5 Å². The molecule has 0 aliphatic carbocycles. The number of carbonyl (C=O) groups is 1. The summed E-state index contributed by atoms with van der Waals surface area (Å²) in [4.78, 5) is 15.6. The predicted octanol–water partition coefficient (Wildman–Crippen LogP) is -3.52. The molecule has 3 aromatic rings. The maximum absolute atomic E-state index is 12.6. The molecule has 0 atom stereocenters. The quantitative estimate of drug-likeness (QED) is 0.151. The van der Waals surface area contributed by atoms with Crippen LogP contribution < -0.4 is 31.5 Å². The van der Waals surface area contributed by atoms with Crippen LogP contribution in [0.15, 0.2) is 61.1 Å². The van der Waals surface area contributed by atoms with Crippen LogP contribution in [0.1, 0.15) is 27.2 Å². The third kappa shape index (κ3) is 6.46. The molecule has 164 valence electrons. The van der Waals surface area contributed by atoms with Crippen molar-refractivity contribution in [2.75, 3.05) is 13.1 Å². The van der Waals surface area contributed by atoms with Gasteiger partial charge in [-0.2, -0.15) is 0 Å². The average Bonchev–Trinajstić information content (AvgIpc) is 2.77. The van der Waals surface area contributed by atoms with E-state index in [9.17, 15) is 24.9 Å². The summed E-state index contributed by atoms with van der Waals surface area (Å²) in [6.07, 6.45) is 5.46. The van der Waals surface area contributed by atoms with Crippen molar-refractivity contribution in [1.29, 1.82) is 0 Å². The highest BCUT2D eigenvalue weighted by molar-refractivity contribution is 6.58. The number of aromatic amines is 1. The molecule has 0 aliphatic rings. The fraction of sp³-hybridized carbons (Fsp3) is 0.190. The first kappa shape index (κ1) is 23.6. The van der Waals surface area contributed by atoms with E-state index in [1.807, 2.05) is 6.07 Å². The zero-order valence-corrected chi connectivity index (χ0v) is 17.5. The summed E-state index contributed by atoms with van der Waals surface area (Å²) in [6.45, 7) is 1.12. The Kier molecular flexibility index (Phi) is 8.09. The molecule has 2 heterocycles. The van der Waals surface area contributed by atoms with Gasteiger partial charge in [0, 0.05) is 47.3 Å². The second-order valence-electron chi connectivity index (χ2n) is 7.46. The first-order valence-corrected chi connectivity index (χ1v) is 10.2. The smallest absolute Gasteiger partial charge is 0.423 e. The summed E-state index contributed by atoms with van der Waals surface area (Å²) in [5, 5.41) is 40.1. The van der Waals surface area contributed by atoms with Gasteiger partial charge in [-0.1, -0.05) is 12.1 Å². The largest absolute Gasteiger partial charge is 0.494 e. The van der Waals surface area contributed by atoms with E-state index in [0.717, 1.165) is 16.8 Å². The van der Waals surface area contributed by atoms with Gasteiger partial charge in [0.05, 0.1) is 6.42 Å². The zero-order valence-electron chi connectivity index (χ0n) is 17.5. The number of benzene rings is 1. The van der Waals surface area contributed by atoms with Crippen molar-refractivity contribution in [3.63, 3.8) is 0 Å². The van der Waals surface area contributed by atoms with Gasteiger partial charge >= 0.3 is 14.2 Å². The molecule has 0 fully saturated rings. The van der Waals surface area contributed by atoms with Crippen LogP contribution in [-0.4, -0.2) is 53.3 Å². The average molecular weight is 436 g/mol. The van der Waals surface area contributed by atoms with Crippen LogP contribution in [0, 0.1) is 0 Å². The van der Waals surface area contributed by atoms with E-state index in [2.05, 4.69) is 10.3 Å². The van der Waals surface area contributed by atoms with Gasteiger partial charge < -0.3 is 31.1 Å². The van der Waals surface area contributed by atoms with Crippen LogP contribution in [0.4, 0.5) is 0 Å². The van der Waals surface area contributed by atoms with Gasteiger partial charge in [0.25, 0.3) is 5.91 Å². The molecule has 0 radical (unpaired) electrons. The van der Waals surface area contributed by atoms with Crippen LogP contribution in [0.5, 0.6) is 0 Å². The monoisotopic (exact) mass is 436 g/mol. The molecule has 0 aliphatic heterocycles. The Morgan fingerprint density at radius 1 is 1.03 bits per heavy atom. The summed E-state index contributed by atoms with van der Waals surface area (Å²) in [7, 11) is -3.12. The second-order valence-corrected chi connectivity index (χ2v) is 7.46. The van der Waals surface area contributed by atoms with Gasteiger partial charge in [-0.25, -0.2) is 9.55 Å². The molecule has 3 rings (SSSR count). The lowest BCUT2D eigenvalue weighted by Gasteiger charge is -2.09. The minimum Gasteiger partial charge on any atom is -0.423 e. The summed E-state index contributed by atoms with van der Waals surface area (Å²) in [5.41, 5.74) is 9.28. The van der Waals surface area contributed by atoms with E-state index in [-0.39, 0.29) is 5.91 Å². The normalized spacial score (nSPS) is 10.7. The van der Waals surface area contributed by atoms with Crippen molar-refractivity contribution in [2.24, 2.45) is 5.73 Å². The zero-order chi connectivity index (χ0) is 23.1. The molecule has 32 heavy (non-hydrogen) atoms. The Morgan fingerprint density at radius 2 is 1.78 bits per heavy atom. The summed E-state index contributed by atoms with van der Waals surface area (Å²) in [5.74, 6) is -0.231. The van der Waals surface area contributed by atoms with E-state index in [1.54, 1.807) is 53.4 Å². The Bertz CT molecular complexity index is 1060. The molecule has 8 N–H and O–H groups in total. The lowest BCUT2D eigenvalue weighted by molar-refractivity contribution is -0.687. The number of H-pyrrole nitrogens is 1. The highest BCUT2D eigenvalue weighted by atomic mass is 16.4. The number of rotatable bonds is 9. The first-order chi connectivity index (χ1) is 15.4. The fourth-order valence-electron chi connectivity index (χ4n) is 3.34. The van der Waals surface area contributed by atoms with Crippen molar-refractivity contribution in [3.8, 4) is 0 Å². The summed E-state index contributed by atoms with van der Waals surface area (Å²) >= 11 is 0. The number of nitrogens with one attached hydrogen (secondary N) is 2. The van der Waals surface area contributed by atoms with Gasteiger partial charge in [0.1, 0.15) is 0 Å². The van der Waals surface area contributed by atoms with Gasteiger partial charge in [-0.15, -0.1) is 0 Å². The predicted molar refractivity (Wildman–Crippen MR) is 119 cm³/mol. The van der Waals surface area contributed by atoms with Crippen LogP contribution in [0.2, 0.25) is 0 Å². The van der Waals surface area contributed by atoms with Gasteiger partial charge in [-0.05, 0) is 23.8 Å². The number of aromatic nitrogens is 2. The number of hydrogen-bond acceptors (Lipinski definition) is 6. The molecule has 2 aromatic heterocycles. The topological polar surface area (TPSA) is 154 Å². The molecule has 1 amide bonds. The minimum absolute atomic E-state index is 0.231. The number of hydrogen-bond donors (Lipinski definition) is 6. The maximum atomic E-state index is 12.6. The van der Waals surface area contributed by atoms with Gasteiger partial charge in [0.2, 0.25) is 0 Å². The molecule has 0 bridgehead atoms. The number of amides is 1. The van der Waals surface area contributed by atoms with Crippen molar-refractivity contribution >= 4 is 31.1 Å². The van der Waals surface area contributed by atoms with Gasteiger partial charge in [0.15, 0.2) is 30.8 Å². The van der Waals surface area contributed by atoms with Crippen molar-refractivity contribution in [3.05, 3.63) is 83.4 Å². The molecular weight excluding hydrogens is 410 g/mol. The summed E-state index contributed by atoms with van der Waals surface area (Å²) < 4.78 is 1.80. The van der Waals surface area contributed by atoms with Crippen LogP contribution >= 0.6 is 0 Å². The molecule has 0 saturated carbocycles. The minimum atomic E-state index is -1.57. The molecule has 0 spiro atoms. The SMILES string of the molecule is NCCNC(=O)c1cc(Cc2ccc(B(O)O)c[nH+]2)cc(C[n+]2cccc(B(O)O)c2)c1. The molecule has 9 nitrogen and oxygen atoms in total. The highest BCUT2D eigenvalue weighted by Gasteiger charge is 2.18. The highest BCUT2D eigenvalue weighted by Crippen LogP contribution is 2.13. The number of nitrogens with two attached hydrogens (primary N) is 1. The van der Waals surface area contributed by atoms with Crippen LogP contribution in [-0.2, 0) is 13.0 Å². The summed E-state index contributed by atoms with van der Waals surface area (Å²) in [6, 6.07) is 12.3. The fourth-order valence-corrected chi connectivity index (χ4v) is 3.34. The van der Waals surface area contributed by atoms with Crippen molar-refractivity contribution < 1.29 is 34.4 Å². The van der Waals surface area contributed by atoms with E-state index in [4.69, 9.17) is 5.73 Å². The third-order valence-corrected chi connectivity index (χ3v) is 4.88. The number of pyridine rings is 2. The second kappa shape index (κ2) is 11.0. The first-order valence-electron chi connectivity index (χ1n) is 10.2. The Hall–Kier alpha value is -3.08. The number of carbonyl (C=O) groups excluding carboxylic acids is 1. The van der Waals surface area contributed by atoms with Crippen molar-refractivity contribution in [2.45, 2.75) is 13.0 Å². The Morgan fingerprint density at radius 3 is 2.44 bits per heavy atom. The maximum Gasteiger partial charge on any atom is 0.494 e. The molecule has 11 heteroatoms. The Labute approximate surface area is 186 Å². The molecular formula is C21H26B2N4O5+2. The van der Waals surface area contributed by atoms with E-state index >= 15 is 0 Å².